The van der Waals surface area contributed by atoms with Crippen LogP contribution in [-0.2, 0) is 15.6 Å². The molecule has 0 aliphatic carbocycles. The molecule has 0 amide bonds. The van der Waals surface area contributed by atoms with Crippen LogP contribution >= 0.6 is 0 Å². The average molecular weight is 525 g/mol. The number of hydrogen-bond donors (Lipinski definition) is 0. The van der Waals surface area contributed by atoms with Gasteiger partial charge in [-0.3, -0.25) is 14.5 Å². The lowest BCUT2D eigenvalue weighted by molar-refractivity contribution is 0.390. The SMILES string of the molecule is COc1cnc([C@H](C)[C@H](C)S(=O)(=O)Cc2nnc(-c3cccnc3)n2-c2c(OC)cccc2OC)cn1. The second kappa shape index (κ2) is 10.9. The molecule has 37 heavy (non-hydrogen) atoms. The fraction of sp³-hybridized carbons (Fsp3) is 0.320. The molecule has 3 aromatic heterocycles. The molecular formula is C25H28N6O5S. The molecule has 12 heteroatoms. The molecule has 0 bridgehead atoms. The highest BCUT2D eigenvalue weighted by Crippen LogP contribution is 2.37. The quantitative estimate of drug-likeness (QED) is 0.304. The van der Waals surface area contributed by atoms with Crippen LogP contribution < -0.4 is 14.2 Å². The summed E-state index contributed by atoms with van der Waals surface area (Å²) in [5.41, 5.74) is 1.69. The van der Waals surface area contributed by atoms with Crippen molar-refractivity contribution in [3.8, 4) is 34.5 Å². The summed E-state index contributed by atoms with van der Waals surface area (Å²) in [7, 11) is 0.819. The summed E-state index contributed by atoms with van der Waals surface area (Å²) >= 11 is 0. The van der Waals surface area contributed by atoms with Crippen molar-refractivity contribution < 1.29 is 22.6 Å². The Labute approximate surface area is 215 Å². The van der Waals surface area contributed by atoms with E-state index >= 15 is 0 Å². The summed E-state index contributed by atoms with van der Waals surface area (Å²) in [4.78, 5) is 12.7. The van der Waals surface area contributed by atoms with Crippen molar-refractivity contribution in [1.29, 1.82) is 0 Å². The van der Waals surface area contributed by atoms with Crippen LogP contribution in [0.5, 0.6) is 17.4 Å². The third-order valence-corrected chi connectivity index (χ3v) is 8.40. The van der Waals surface area contributed by atoms with Crippen molar-refractivity contribution in [1.82, 2.24) is 29.7 Å². The van der Waals surface area contributed by atoms with Crippen molar-refractivity contribution in [2.75, 3.05) is 21.3 Å². The van der Waals surface area contributed by atoms with Crippen LogP contribution in [0.1, 0.15) is 31.3 Å². The first-order chi connectivity index (χ1) is 17.8. The Morgan fingerprint density at radius 3 is 2.19 bits per heavy atom. The Kier molecular flexibility index (Phi) is 7.67. The second-order valence-electron chi connectivity index (χ2n) is 8.31. The Morgan fingerprint density at radius 1 is 0.892 bits per heavy atom. The molecule has 4 rings (SSSR count). The van der Waals surface area contributed by atoms with Gasteiger partial charge in [0.1, 0.15) is 22.9 Å². The summed E-state index contributed by atoms with van der Waals surface area (Å²) in [5.74, 6) is 1.10. The van der Waals surface area contributed by atoms with Gasteiger partial charge in [-0.15, -0.1) is 10.2 Å². The number of para-hydroxylation sites is 1. The van der Waals surface area contributed by atoms with E-state index in [4.69, 9.17) is 14.2 Å². The number of sulfone groups is 1. The zero-order valence-corrected chi connectivity index (χ0v) is 22.0. The standard InChI is InChI=1S/C25H28N6O5S/c1-16(19-13-28-23(36-5)14-27-19)17(2)37(32,33)15-22-29-30-25(18-8-7-11-26-12-18)31(22)24-20(34-3)9-6-10-21(24)35-4/h6-14,16-17H,15H2,1-5H3/t16-,17+/m1/s1. The van der Waals surface area contributed by atoms with Crippen molar-refractivity contribution in [3.05, 3.63) is 66.6 Å². The Hall–Kier alpha value is -4.06. The van der Waals surface area contributed by atoms with Gasteiger partial charge in [0, 0.05) is 23.9 Å². The van der Waals surface area contributed by atoms with Gasteiger partial charge < -0.3 is 14.2 Å². The average Bonchev–Trinajstić information content (AvgIpc) is 3.34. The van der Waals surface area contributed by atoms with Gasteiger partial charge in [0.15, 0.2) is 21.5 Å². The van der Waals surface area contributed by atoms with Crippen molar-refractivity contribution in [3.63, 3.8) is 0 Å². The smallest absolute Gasteiger partial charge is 0.231 e. The zero-order chi connectivity index (χ0) is 26.6. The lowest BCUT2D eigenvalue weighted by atomic mass is 10.1. The lowest BCUT2D eigenvalue weighted by Crippen LogP contribution is -2.27. The molecule has 0 saturated carbocycles. The highest BCUT2D eigenvalue weighted by Gasteiger charge is 2.32. The molecule has 0 aliphatic rings. The Balaban J connectivity index is 1.79. The van der Waals surface area contributed by atoms with Gasteiger partial charge in [-0.2, -0.15) is 0 Å². The number of nitrogens with zero attached hydrogens (tertiary/aromatic N) is 6. The molecule has 0 unspecified atom stereocenters. The zero-order valence-electron chi connectivity index (χ0n) is 21.2. The fourth-order valence-electron chi connectivity index (χ4n) is 3.91. The van der Waals surface area contributed by atoms with Crippen molar-refractivity contribution in [2.24, 2.45) is 0 Å². The first-order valence-corrected chi connectivity index (χ1v) is 13.2. The van der Waals surface area contributed by atoms with Crippen LogP contribution in [0.3, 0.4) is 0 Å². The molecule has 3 heterocycles. The van der Waals surface area contributed by atoms with Gasteiger partial charge in [0.25, 0.3) is 0 Å². The van der Waals surface area contributed by atoms with E-state index in [1.807, 2.05) is 6.07 Å². The monoisotopic (exact) mass is 524 g/mol. The van der Waals surface area contributed by atoms with E-state index in [-0.39, 0.29) is 11.6 Å². The topological polar surface area (TPSA) is 131 Å². The molecule has 0 N–H and O–H groups in total. The molecular weight excluding hydrogens is 496 g/mol. The van der Waals surface area contributed by atoms with Gasteiger partial charge >= 0.3 is 0 Å². The number of methoxy groups -OCH3 is 3. The summed E-state index contributed by atoms with van der Waals surface area (Å²) in [5, 5.41) is 7.84. The molecule has 0 aliphatic heterocycles. The Bertz CT molecular complexity index is 1440. The summed E-state index contributed by atoms with van der Waals surface area (Å²) < 4.78 is 45.2. The summed E-state index contributed by atoms with van der Waals surface area (Å²) in [6.07, 6.45) is 6.27. The number of rotatable bonds is 10. The molecule has 4 aromatic rings. The van der Waals surface area contributed by atoms with Crippen LogP contribution in [0.4, 0.5) is 0 Å². The molecule has 2 atom stereocenters. The van der Waals surface area contributed by atoms with E-state index in [1.54, 1.807) is 55.1 Å². The van der Waals surface area contributed by atoms with Crippen molar-refractivity contribution in [2.45, 2.75) is 30.8 Å². The predicted octanol–water partition coefficient (Wildman–Crippen LogP) is 3.25. The minimum Gasteiger partial charge on any atom is -0.494 e. The number of hydrogen-bond acceptors (Lipinski definition) is 10. The molecule has 0 radical (unpaired) electrons. The third-order valence-electron chi connectivity index (χ3n) is 6.20. The van der Waals surface area contributed by atoms with Crippen LogP contribution in [0.15, 0.2) is 55.1 Å². The highest BCUT2D eigenvalue weighted by atomic mass is 32.2. The maximum Gasteiger partial charge on any atom is 0.231 e. The van der Waals surface area contributed by atoms with E-state index in [0.29, 0.717) is 40.1 Å². The minimum absolute atomic E-state index is 0.210. The number of aromatic nitrogens is 6. The molecule has 194 valence electrons. The molecule has 11 nitrogen and oxygen atoms in total. The van der Waals surface area contributed by atoms with Gasteiger partial charge in [-0.05, 0) is 31.2 Å². The van der Waals surface area contributed by atoms with E-state index < -0.39 is 21.0 Å². The molecule has 0 saturated heterocycles. The molecule has 0 fully saturated rings. The van der Waals surface area contributed by atoms with Gasteiger partial charge in [0.05, 0.1) is 44.7 Å². The normalized spacial score (nSPS) is 13.1. The fourth-order valence-corrected chi connectivity index (χ4v) is 5.48. The number of ether oxygens (including phenoxy) is 3. The summed E-state index contributed by atoms with van der Waals surface area (Å²) in [6.45, 7) is 3.45. The lowest BCUT2D eigenvalue weighted by Gasteiger charge is -2.21. The van der Waals surface area contributed by atoms with Crippen LogP contribution in [-0.4, -0.2) is 64.7 Å². The van der Waals surface area contributed by atoms with Gasteiger partial charge in [-0.1, -0.05) is 13.0 Å². The van der Waals surface area contributed by atoms with Crippen molar-refractivity contribution >= 4 is 9.84 Å². The summed E-state index contributed by atoms with van der Waals surface area (Å²) in [6, 6.07) is 8.89. The van der Waals surface area contributed by atoms with E-state index in [2.05, 4.69) is 25.1 Å². The molecule has 1 aromatic carbocycles. The number of pyridine rings is 1. The van der Waals surface area contributed by atoms with Gasteiger partial charge in [0.2, 0.25) is 5.88 Å². The number of benzene rings is 1. The minimum atomic E-state index is -3.73. The maximum atomic E-state index is 13.6. The Morgan fingerprint density at radius 2 is 1.62 bits per heavy atom. The second-order valence-corrected chi connectivity index (χ2v) is 10.7. The van der Waals surface area contributed by atoms with Crippen LogP contribution in [0.25, 0.3) is 17.1 Å². The van der Waals surface area contributed by atoms with Gasteiger partial charge in [-0.25, -0.2) is 13.4 Å². The highest BCUT2D eigenvalue weighted by molar-refractivity contribution is 7.91. The third kappa shape index (κ3) is 5.24. The molecule has 0 spiro atoms. The van der Waals surface area contributed by atoms with Crippen LogP contribution in [0.2, 0.25) is 0 Å². The van der Waals surface area contributed by atoms with E-state index in [0.717, 1.165) is 0 Å². The predicted molar refractivity (Wildman–Crippen MR) is 137 cm³/mol. The van der Waals surface area contributed by atoms with E-state index in [9.17, 15) is 8.42 Å². The van der Waals surface area contributed by atoms with Crippen LogP contribution in [0, 0.1) is 0 Å². The first kappa shape index (κ1) is 26.0. The maximum absolute atomic E-state index is 13.6. The largest absolute Gasteiger partial charge is 0.494 e. The van der Waals surface area contributed by atoms with E-state index in [1.165, 1.54) is 33.7 Å². The first-order valence-electron chi connectivity index (χ1n) is 11.4.